The molecule has 0 aromatic heterocycles. The summed E-state index contributed by atoms with van der Waals surface area (Å²) in [5.41, 5.74) is 2.27. The van der Waals surface area contributed by atoms with Gasteiger partial charge in [0.25, 0.3) is 5.91 Å². The number of benzene rings is 3. The van der Waals surface area contributed by atoms with Crippen molar-refractivity contribution < 1.29 is 23.9 Å². The topological polar surface area (TPSA) is 97.0 Å². The van der Waals surface area contributed by atoms with Gasteiger partial charge in [-0.1, -0.05) is 52.3 Å². The molecule has 0 atom stereocenters. The Hall–Kier alpha value is -4.11. The van der Waals surface area contributed by atoms with Crippen LogP contribution >= 0.6 is 15.9 Å². The van der Waals surface area contributed by atoms with Crippen molar-refractivity contribution in [1.82, 2.24) is 10.2 Å². The van der Waals surface area contributed by atoms with E-state index in [4.69, 9.17) is 9.47 Å². The van der Waals surface area contributed by atoms with E-state index in [0.29, 0.717) is 29.4 Å². The Balaban J connectivity index is 1.36. The van der Waals surface area contributed by atoms with Crippen molar-refractivity contribution in [3.63, 3.8) is 0 Å². The second-order valence-corrected chi connectivity index (χ2v) is 8.53. The summed E-state index contributed by atoms with van der Waals surface area (Å²) in [6.45, 7) is -0.00295. The van der Waals surface area contributed by atoms with Crippen LogP contribution in [0.15, 0.2) is 83.0 Å². The van der Waals surface area contributed by atoms with Crippen molar-refractivity contribution in [3.8, 4) is 11.5 Å². The molecule has 0 bridgehead atoms. The molecule has 178 valence electrons. The number of halogens is 1. The molecule has 3 aromatic carbocycles. The number of hydrogen-bond donors (Lipinski definition) is 2. The highest BCUT2D eigenvalue weighted by atomic mass is 79.9. The largest absolute Gasteiger partial charge is 0.495 e. The maximum atomic E-state index is 12.7. The van der Waals surface area contributed by atoms with Crippen LogP contribution in [0.1, 0.15) is 11.1 Å². The minimum Gasteiger partial charge on any atom is -0.495 e. The zero-order valence-electron chi connectivity index (χ0n) is 18.8. The minimum absolute atomic E-state index is 0.0867. The van der Waals surface area contributed by atoms with E-state index in [2.05, 4.69) is 26.6 Å². The fourth-order valence-corrected chi connectivity index (χ4v) is 3.64. The molecule has 9 heteroatoms. The summed E-state index contributed by atoms with van der Waals surface area (Å²) in [7, 11) is 1.49. The van der Waals surface area contributed by atoms with E-state index < -0.39 is 24.4 Å². The molecule has 35 heavy (non-hydrogen) atoms. The smallest absolute Gasteiger partial charge is 0.329 e. The number of imide groups is 1. The Bertz CT molecular complexity index is 1270. The Kier molecular flexibility index (Phi) is 7.47. The first-order valence-corrected chi connectivity index (χ1v) is 11.5. The van der Waals surface area contributed by atoms with Crippen LogP contribution < -0.4 is 20.1 Å². The van der Waals surface area contributed by atoms with Crippen LogP contribution in [0.3, 0.4) is 0 Å². The molecule has 3 aromatic rings. The SMILES string of the molecule is COc1ccccc1NC(=O)CN1C(=O)N/C(=C/c2ccc(OCc3ccc(Br)cc3)cc2)C1=O. The van der Waals surface area contributed by atoms with Gasteiger partial charge in [0, 0.05) is 4.47 Å². The van der Waals surface area contributed by atoms with Gasteiger partial charge in [-0.3, -0.25) is 9.59 Å². The summed E-state index contributed by atoms with van der Waals surface area (Å²) in [6, 6.07) is 21.2. The van der Waals surface area contributed by atoms with E-state index in [1.54, 1.807) is 54.6 Å². The second-order valence-electron chi connectivity index (χ2n) is 7.61. The van der Waals surface area contributed by atoms with E-state index in [1.165, 1.54) is 7.11 Å². The molecule has 2 N–H and O–H groups in total. The molecule has 4 rings (SSSR count). The Morgan fingerprint density at radius 3 is 2.46 bits per heavy atom. The first-order valence-electron chi connectivity index (χ1n) is 10.7. The number of nitrogens with one attached hydrogen (secondary N) is 2. The van der Waals surface area contributed by atoms with Crippen molar-refractivity contribution in [3.05, 3.63) is 94.1 Å². The molecular formula is C26H22BrN3O5. The first kappa shape index (κ1) is 24.0. The van der Waals surface area contributed by atoms with Crippen LogP contribution in [0.4, 0.5) is 10.5 Å². The number of ether oxygens (including phenoxy) is 2. The van der Waals surface area contributed by atoms with Gasteiger partial charge >= 0.3 is 6.03 Å². The minimum atomic E-state index is -0.661. The highest BCUT2D eigenvalue weighted by Gasteiger charge is 2.35. The predicted octanol–water partition coefficient (Wildman–Crippen LogP) is 4.57. The standard InChI is InChI=1S/C26H22BrN3O5/c1-34-23-5-3-2-4-21(23)28-24(31)15-30-25(32)22(29-26(30)33)14-17-8-12-20(13-9-17)35-16-18-6-10-19(27)11-7-18/h2-14H,15-16H2,1H3,(H,28,31)(H,29,33)/b22-14+. The van der Waals surface area contributed by atoms with Gasteiger partial charge in [-0.2, -0.15) is 0 Å². The molecule has 8 nitrogen and oxygen atoms in total. The van der Waals surface area contributed by atoms with Crippen LogP contribution in [0.2, 0.25) is 0 Å². The van der Waals surface area contributed by atoms with Crippen molar-refractivity contribution in [2.75, 3.05) is 19.0 Å². The van der Waals surface area contributed by atoms with E-state index >= 15 is 0 Å². The number of methoxy groups -OCH3 is 1. The number of para-hydroxylation sites is 2. The van der Waals surface area contributed by atoms with Gasteiger partial charge in [-0.05, 0) is 53.6 Å². The highest BCUT2D eigenvalue weighted by molar-refractivity contribution is 9.10. The summed E-state index contributed by atoms with van der Waals surface area (Å²) in [6.07, 6.45) is 1.55. The van der Waals surface area contributed by atoms with E-state index in [1.807, 2.05) is 24.3 Å². The summed E-state index contributed by atoms with van der Waals surface area (Å²) < 4.78 is 12.0. The second kappa shape index (κ2) is 10.9. The number of rotatable bonds is 8. The van der Waals surface area contributed by atoms with Gasteiger partial charge in [0.2, 0.25) is 5.91 Å². The Labute approximate surface area is 210 Å². The Morgan fingerprint density at radius 2 is 1.74 bits per heavy atom. The molecule has 1 aliphatic heterocycles. The molecule has 0 unspecified atom stereocenters. The number of anilines is 1. The molecule has 4 amide bonds. The highest BCUT2D eigenvalue weighted by Crippen LogP contribution is 2.23. The number of nitrogens with zero attached hydrogens (tertiary/aromatic N) is 1. The molecule has 1 aliphatic rings. The average Bonchev–Trinajstić information content (AvgIpc) is 3.12. The fourth-order valence-electron chi connectivity index (χ4n) is 3.37. The summed E-state index contributed by atoms with van der Waals surface area (Å²) >= 11 is 3.40. The fraction of sp³-hybridized carbons (Fsp3) is 0.115. The number of hydrogen-bond acceptors (Lipinski definition) is 5. The number of urea groups is 1. The van der Waals surface area contributed by atoms with Crippen LogP contribution in [0.5, 0.6) is 11.5 Å². The van der Waals surface area contributed by atoms with Crippen LogP contribution in [-0.2, 0) is 16.2 Å². The van der Waals surface area contributed by atoms with Crippen molar-refractivity contribution in [1.29, 1.82) is 0 Å². The van der Waals surface area contributed by atoms with Crippen molar-refractivity contribution in [2.45, 2.75) is 6.61 Å². The summed E-state index contributed by atoms with van der Waals surface area (Å²) in [4.78, 5) is 38.3. The predicted molar refractivity (Wildman–Crippen MR) is 135 cm³/mol. The zero-order valence-corrected chi connectivity index (χ0v) is 20.4. The molecule has 0 spiro atoms. The van der Waals surface area contributed by atoms with Gasteiger partial charge in [0.1, 0.15) is 30.3 Å². The first-order chi connectivity index (χ1) is 16.9. The molecule has 1 fully saturated rings. The number of amides is 4. The van der Waals surface area contributed by atoms with E-state index in [-0.39, 0.29) is 5.70 Å². The lowest BCUT2D eigenvalue weighted by Gasteiger charge is -2.13. The lowest BCUT2D eigenvalue weighted by molar-refractivity contribution is -0.127. The molecule has 0 aliphatic carbocycles. The average molecular weight is 536 g/mol. The normalized spacial score (nSPS) is 14.1. The molecule has 1 saturated heterocycles. The van der Waals surface area contributed by atoms with Crippen molar-refractivity contribution in [2.24, 2.45) is 0 Å². The molecule has 0 saturated carbocycles. The third-order valence-corrected chi connectivity index (χ3v) is 5.68. The van der Waals surface area contributed by atoms with Gasteiger partial charge in [0.15, 0.2) is 0 Å². The quantitative estimate of drug-likeness (QED) is 0.325. The van der Waals surface area contributed by atoms with Gasteiger partial charge < -0.3 is 20.1 Å². The van der Waals surface area contributed by atoms with Gasteiger partial charge in [-0.15, -0.1) is 0 Å². The van der Waals surface area contributed by atoms with Crippen LogP contribution in [0, 0.1) is 0 Å². The molecule has 1 heterocycles. The van der Waals surface area contributed by atoms with E-state index in [9.17, 15) is 14.4 Å². The lowest BCUT2D eigenvalue weighted by Crippen LogP contribution is -2.38. The van der Waals surface area contributed by atoms with E-state index in [0.717, 1.165) is 14.9 Å². The third-order valence-electron chi connectivity index (χ3n) is 5.15. The molecular weight excluding hydrogens is 514 g/mol. The zero-order chi connectivity index (χ0) is 24.8. The van der Waals surface area contributed by atoms with Crippen molar-refractivity contribution >= 4 is 45.5 Å². The van der Waals surface area contributed by atoms with Gasteiger partial charge in [0.05, 0.1) is 12.8 Å². The third kappa shape index (κ3) is 6.07. The monoisotopic (exact) mass is 535 g/mol. The Morgan fingerprint density at radius 1 is 1.03 bits per heavy atom. The number of carbonyl (C=O) groups excluding carboxylic acids is 3. The summed E-state index contributed by atoms with van der Waals surface area (Å²) in [5.74, 6) is 0.0432. The maximum Gasteiger partial charge on any atom is 0.329 e. The van der Waals surface area contributed by atoms with Crippen LogP contribution in [0.25, 0.3) is 6.08 Å². The van der Waals surface area contributed by atoms with Crippen LogP contribution in [-0.4, -0.2) is 36.4 Å². The summed E-state index contributed by atoms with van der Waals surface area (Å²) in [5, 5.41) is 5.17. The molecule has 0 radical (unpaired) electrons. The maximum absolute atomic E-state index is 12.7. The van der Waals surface area contributed by atoms with Gasteiger partial charge in [-0.25, -0.2) is 9.69 Å². The number of carbonyl (C=O) groups is 3. The lowest BCUT2D eigenvalue weighted by atomic mass is 10.2.